The smallest absolute Gasteiger partial charge is 0.264 e. The van der Waals surface area contributed by atoms with E-state index in [0.717, 1.165) is 67.8 Å². The van der Waals surface area contributed by atoms with Crippen LogP contribution in [0, 0.1) is 5.41 Å². The Morgan fingerprint density at radius 1 is 1.02 bits per heavy atom. The molecule has 4 aliphatic heterocycles. The van der Waals surface area contributed by atoms with Crippen LogP contribution in [0.15, 0.2) is 24.7 Å². The average molecular weight is 633 g/mol. The van der Waals surface area contributed by atoms with Gasteiger partial charge in [-0.05, 0) is 74.5 Å². The van der Waals surface area contributed by atoms with Crippen molar-refractivity contribution in [2.24, 2.45) is 12.5 Å². The van der Waals surface area contributed by atoms with Gasteiger partial charge in [0.25, 0.3) is 6.43 Å². The van der Waals surface area contributed by atoms with Gasteiger partial charge in [0.2, 0.25) is 5.91 Å². The number of carbonyl (C=O) groups excluding carboxylic acids is 1. The number of nitrogens with zero attached hydrogens (tertiary/aromatic N) is 7. The molecule has 1 aliphatic carbocycles. The lowest BCUT2D eigenvalue weighted by Gasteiger charge is -2.50. The maximum absolute atomic E-state index is 14.6. The van der Waals surface area contributed by atoms with Crippen molar-refractivity contribution in [1.82, 2.24) is 34.4 Å². The number of benzene rings is 1. The number of alkyl halides is 2. The lowest BCUT2D eigenvalue weighted by molar-refractivity contribution is -0.129. The number of aryl methyl sites for hydroxylation is 2. The zero-order valence-corrected chi connectivity index (χ0v) is 27.1. The predicted octanol–water partition coefficient (Wildman–Crippen LogP) is 5.38. The van der Waals surface area contributed by atoms with E-state index in [4.69, 9.17) is 5.10 Å². The molecule has 1 aromatic carbocycles. The molecule has 0 unspecified atom stereocenters. The van der Waals surface area contributed by atoms with Crippen LogP contribution in [0.4, 0.5) is 20.3 Å². The van der Waals surface area contributed by atoms with Gasteiger partial charge in [0.05, 0.1) is 24.6 Å². The summed E-state index contributed by atoms with van der Waals surface area (Å²) in [6.45, 7) is 8.11. The van der Waals surface area contributed by atoms with Gasteiger partial charge in [0, 0.05) is 100.0 Å². The minimum atomic E-state index is -2.63. The van der Waals surface area contributed by atoms with Crippen LogP contribution in [0.1, 0.15) is 86.7 Å². The van der Waals surface area contributed by atoms with Crippen LogP contribution in [0.3, 0.4) is 0 Å². The fourth-order valence-corrected chi connectivity index (χ4v) is 8.95. The summed E-state index contributed by atoms with van der Waals surface area (Å²) >= 11 is 0. The van der Waals surface area contributed by atoms with Crippen molar-refractivity contribution in [2.75, 3.05) is 44.2 Å². The highest BCUT2D eigenvalue weighted by Gasteiger charge is 2.42. The normalized spacial score (nSPS) is 22.3. The fourth-order valence-electron chi connectivity index (χ4n) is 8.95. The van der Waals surface area contributed by atoms with Crippen LogP contribution in [-0.4, -0.2) is 80.3 Å². The van der Waals surface area contributed by atoms with E-state index < -0.39 is 6.43 Å². The highest BCUT2D eigenvalue weighted by atomic mass is 19.3. The van der Waals surface area contributed by atoms with Crippen molar-refractivity contribution in [3.05, 3.63) is 47.0 Å². The molecule has 3 aromatic rings. The van der Waals surface area contributed by atoms with Gasteiger partial charge < -0.3 is 24.6 Å². The molecule has 3 fully saturated rings. The minimum Gasteiger partial charge on any atom is -0.340 e. The van der Waals surface area contributed by atoms with Crippen molar-refractivity contribution in [3.63, 3.8) is 0 Å². The Balaban J connectivity index is 1.10. The Morgan fingerprint density at radius 3 is 2.46 bits per heavy atom. The molecule has 46 heavy (non-hydrogen) atoms. The molecular weight excluding hydrogens is 586 g/mol. The zero-order chi connectivity index (χ0) is 31.6. The van der Waals surface area contributed by atoms with Crippen molar-refractivity contribution in [2.45, 2.75) is 89.8 Å². The maximum atomic E-state index is 14.6. The highest BCUT2D eigenvalue weighted by Crippen LogP contribution is 2.45. The molecule has 0 radical (unpaired) electrons. The number of hydrogen-bond acceptors (Lipinski definition) is 6. The molecule has 1 amide bonds. The SMILES string of the molecule is CC(=O)N1CCc2c(c(N3CCCc4cc(-c5cn(C)cn5)c(C(F)F)cc43)nn2C2CCN(C3CCC4(CC3)CNC4)CC2)C1. The standard InChI is InChI=1S/C35H46F2N8O/c1-23(46)43-15-9-31-29(18-43)34(40-45(31)26-7-13-42(14-8-26)25-5-10-35(11-6-25)20-38-21-35)44-12-3-4-24-16-27(30-19-41(2)22-39-30)28(33(36)37)17-32(24)44/h16-17,19,22,25-26,33,38H,3-15,18,20-21H2,1-2H3. The Morgan fingerprint density at radius 2 is 1.80 bits per heavy atom. The fraction of sp³-hybridized carbons (Fsp3) is 0.629. The van der Waals surface area contributed by atoms with Crippen LogP contribution >= 0.6 is 0 Å². The number of carbonyl (C=O) groups is 1. The number of imidazole rings is 1. The lowest BCUT2D eigenvalue weighted by atomic mass is 9.68. The number of fused-ring (bicyclic) bond motifs is 2. The molecule has 6 heterocycles. The molecule has 1 N–H and O–H groups in total. The topological polar surface area (TPSA) is 74.5 Å². The van der Waals surface area contributed by atoms with E-state index >= 15 is 0 Å². The molecule has 11 heteroatoms. The first-order valence-electron chi connectivity index (χ1n) is 17.3. The van der Waals surface area contributed by atoms with E-state index in [1.165, 1.54) is 44.5 Å². The summed E-state index contributed by atoms with van der Waals surface area (Å²) in [6, 6.07) is 4.59. The third kappa shape index (κ3) is 5.23. The molecule has 2 aromatic heterocycles. The van der Waals surface area contributed by atoms with Crippen molar-refractivity contribution in [1.29, 1.82) is 0 Å². The van der Waals surface area contributed by atoms with Gasteiger partial charge in [0.1, 0.15) is 0 Å². The number of halogens is 2. The van der Waals surface area contributed by atoms with Gasteiger partial charge in [-0.3, -0.25) is 9.48 Å². The van der Waals surface area contributed by atoms with E-state index in [2.05, 4.69) is 24.8 Å². The minimum absolute atomic E-state index is 0.00223. The summed E-state index contributed by atoms with van der Waals surface area (Å²) < 4.78 is 33.2. The lowest BCUT2D eigenvalue weighted by Crippen LogP contribution is -2.57. The van der Waals surface area contributed by atoms with E-state index in [1.807, 2.05) is 18.0 Å². The van der Waals surface area contributed by atoms with Gasteiger partial charge in [-0.25, -0.2) is 13.8 Å². The summed E-state index contributed by atoms with van der Waals surface area (Å²) in [4.78, 5) is 23.7. The Hall–Kier alpha value is -3.31. The van der Waals surface area contributed by atoms with Crippen LogP contribution < -0.4 is 10.2 Å². The molecule has 9 nitrogen and oxygen atoms in total. The molecule has 1 saturated carbocycles. The predicted molar refractivity (Wildman–Crippen MR) is 173 cm³/mol. The quantitative estimate of drug-likeness (QED) is 0.408. The van der Waals surface area contributed by atoms with Crippen LogP contribution in [0.25, 0.3) is 11.3 Å². The van der Waals surface area contributed by atoms with E-state index in [-0.39, 0.29) is 11.5 Å². The van der Waals surface area contributed by atoms with Crippen LogP contribution in [-0.2, 0) is 31.2 Å². The summed E-state index contributed by atoms with van der Waals surface area (Å²) in [5.41, 5.74) is 5.78. The molecule has 0 atom stereocenters. The third-order valence-corrected chi connectivity index (χ3v) is 11.7. The Bertz CT molecular complexity index is 1610. The molecule has 0 bridgehead atoms. The Kier molecular flexibility index (Phi) is 7.67. The van der Waals surface area contributed by atoms with E-state index in [1.54, 1.807) is 30.1 Å². The summed E-state index contributed by atoms with van der Waals surface area (Å²) in [7, 11) is 1.85. The van der Waals surface area contributed by atoms with Crippen LogP contribution in [0.5, 0.6) is 0 Å². The molecule has 246 valence electrons. The van der Waals surface area contributed by atoms with Gasteiger partial charge in [-0.1, -0.05) is 0 Å². The summed E-state index contributed by atoms with van der Waals surface area (Å²) in [5.74, 6) is 0.894. The molecule has 1 spiro atoms. The van der Waals surface area contributed by atoms with Gasteiger partial charge >= 0.3 is 0 Å². The summed E-state index contributed by atoms with van der Waals surface area (Å²) in [5, 5.41) is 8.83. The monoisotopic (exact) mass is 632 g/mol. The maximum Gasteiger partial charge on any atom is 0.264 e. The molecule has 5 aliphatic rings. The molecule has 8 rings (SSSR count). The molecular formula is C35H46F2N8O. The number of likely N-dealkylation sites (tertiary alicyclic amines) is 1. The van der Waals surface area contributed by atoms with E-state index in [9.17, 15) is 13.6 Å². The van der Waals surface area contributed by atoms with Crippen molar-refractivity contribution >= 4 is 17.4 Å². The zero-order valence-electron chi connectivity index (χ0n) is 27.1. The largest absolute Gasteiger partial charge is 0.340 e. The molecule has 2 saturated heterocycles. The van der Waals surface area contributed by atoms with Gasteiger partial charge in [-0.15, -0.1) is 0 Å². The number of hydrogen-bond donors (Lipinski definition) is 1. The number of anilines is 2. The Labute approximate surface area is 269 Å². The van der Waals surface area contributed by atoms with E-state index in [0.29, 0.717) is 48.4 Å². The summed E-state index contributed by atoms with van der Waals surface area (Å²) in [6.07, 6.45) is 10.7. The number of rotatable bonds is 5. The first kappa shape index (κ1) is 30.1. The number of aromatic nitrogens is 4. The van der Waals surface area contributed by atoms with Crippen molar-refractivity contribution in [3.8, 4) is 11.3 Å². The second kappa shape index (κ2) is 11.7. The van der Waals surface area contributed by atoms with Gasteiger partial charge in [0.15, 0.2) is 5.82 Å². The van der Waals surface area contributed by atoms with Gasteiger partial charge in [-0.2, -0.15) is 5.10 Å². The second-order valence-corrected chi connectivity index (χ2v) is 14.5. The van der Waals surface area contributed by atoms with Crippen molar-refractivity contribution < 1.29 is 13.6 Å². The van der Waals surface area contributed by atoms with Crippen LogP contribution in [0.2, 0.25) is 0 Å². The highest BCUT2D eigenvalue weighted by molar-refractivity contribution is 5.77. The average Bonchev–Trinajstić information content (AvgIpc) is 3.66. The first-order chi connectivity index (χ1) is 22.3. The third-order valence-electron chi connectivity index (χ3n) is 11.7. The first-order valence-corrected chi connectivity index (χ1v) is 17.3. The number of amides is 1. The second-order valence-electron chi connectivity index (χ2n) is 14.5. The number of piperidine rings is 1. The number of nitrogens with one attached hydrogen (secondary N) is 1.